The minimum Gasteiger partial charge on any atom is -0.459 e. The lowest BCUT2D eigenvalue weighted by atomic mass is 10.2. The van der Waals surface area contributed by atoms with E-state index in [1.54, 1.807) is 7.05 Å². The second kappa shape index (κ2) is 7.76. The summed E-state index contributed by atoms with van der Waals surface area (Å²) in [6, 6.07) is 0. The fraction of sp³-hybridized carbons (Fsp3) is 0.857. The van der Waals surface area contributed by atoms with Gasteiger partial charge in [0.2, 0.25) is 0 Å². The van der Waals surface area contributed by atoms with Crippen molar-refractivity contribution in [2.24, 2.45) is 4.99 Å². The monoisotopic (exact) mass is 301 g/mol. The Labute approximate surface area is 126 Å². The van der Waals surface area contributed by atoms with Crippen LogP contribution in [0, 0.1) is 0 Å². The molecule has 1 atom stereocenters. The van der Waals surface area contributed by atoms with Crippen molar-refractivity contribution in [3.63, 3.8) is 0 Å². The molecule has 1 unspecified atom stereocenters. The first-order chi connectivity index (χ1) is 9.35. The summed E-state index contributed by atoms with van der Waals surface area (Å²) in [6.07, 6.45) is 1.16. The number of rotatable bonds is 3. The lowest BCUT2D eigenvalue weighted by molar-refractivity contribution is -0.153. The zero-order chi connectivity index (χ0) is 15.2. The molecule has 0 amide bonds. The highest BCUT2D eigenvalue weighted by Gasteiger charge is 2.22. The molecule has 0 aromatic rings. The Morgan fingerprint density at radius 2 is 2.20 bits per heavy atom. The summed E-state index contributed by atoms with van der Waals surface area (Å²) in [6.45, 7) is 9.92. The van der Waals surface area contributed by atoms with Crippen LogP contribution in [0.2, 0.25) is 0 Å². The molecule has 0 aromatic heterocycles. The Hall–Kier alpha value is -0.910. The maximum absolute atomic E-state index is 11.7. The van der Waals surface area contributed by atoms with Gasteiger partial charge in [0, 0.05) is 31.1 Å². The molecule has 0 aromatic carbocycles. The van der Waals surface area contributed by atoms with Crippen LogP contribution in [0.1, 0.15) is 34.1 Å². The highest BCUT2D eigenvalue weighted by atomic mass is 32.2. The molecule has 0 saturated carbocycles. The highest BCUT2D eigenvalue weighted by molar-refractivity contribution is 8.00. The third-order valence-corrected chi connectivity index (χ3v) is 4.29. The van der Waals surface area contributed by atoms with E-state index in [9.17, 15) is 4.79 Å². The fourth-order valence-electron chi connectivity index (χ4n) is 2.02. The summed E-state index contributed by atoms with van der Waals surface area (Å²) in [4.78, 5) is 18.2. The Kier molecular flexibility index (Phi) is 6.65. The largest absolute Gasteiger partial charge is 0.459 e. The topological polar surface area (TPSA) is 53.9 Å². The number of esters is 1. The number of thioether (sulfide) groups is 1. The van der Waals surface area contributed by atoms with Crippen LogP contribution in [0.3, 0.4) is 0 Å². The standard InChI is InChI=1S/C14H27N3O2S/c1-6-11-10-17(7-8-20-11)13(15-5)16-9-12(18)19-14(2,3)4/h11H,6-10H2,1-5H3,(H,15,16). The number of carbonyl (C=O) groups is 1. The average molecular weight is 301 g/mol. The number of hydrogen-bond donors (Lipinski definition) is 1. The zero-order valence-corrected chi connectivity index (χ0v) is 14.0. The Morgan fingerprint density at radius 3 is 2.75 bits per heavy atom. The van der Waals surface area contributed by atoms with Gasteiger partial charge in [-0.15, -0.1) is 0 Å². The second-order valence-electron chi connectivity index (χ2n) is 5.83. The maximum Gasteiger partial charge on any atom is 0.325 e. The summed E-state index contributed by atoms with van der Waals surface area (Å²) >= 11 is 2.01. The molecular weight excluding hydrogens is 274 g/mol. The molecule has 1 rings (SSSR count). The molecule has 20 heavy (non-hydrogen) atoms. The fourth-order valence-corrected chi connectivity index (χ4v) is 3.20. The third kappa shape index (κ3) is 6.03. The van der Waals surface area contributed by atoms with Gasteiger partial charge in [0.05, 0.1) is 0 Å². The average Bonchev–Trinajstić information content (AvgIpc) is 2.37. The van der Waals surface area contributed by atoms with E-state index in [1.807, 2.05) is 32.5 Å². The zero-order valence-electron chi connectivity index (χ0n) is 13.2. The van der Waals surface area contributed by atoms with Crippen molar-refractivity contribution < 1.29 is 9.53 Å². The number of guanidine groups is 1. The number of carbonyl (C=O) groups excluding carboxylic acids is 1. The van der Waals surface area contributed by atoms with Crippen molar-refractivity contribution in [3.8, 4) is 0 Å². The SMILES string of the molecule is CCC1CN(C(=NC)NCC(=O)OC(C)(C)C)CCS1. The van der Waals surface area contributed by atoms with Gasteiger partial charge in [-0.3, -0.25) is 9.79 Å². The molecule has 0 aliphatic carbocycles. The van der Waals surface area contributed by atoms with Crippen LogP contribution in [0.25, 0.3) is 0 Å². The van der Waals surface area contributed by atoms with Gasteiger partial charge >= 0.3 is 5.97 Å². The number of nitrogens with one attached hydrogen (secondary N) is 1. The van der Waals surface area contributed by atoms with E-state index in [2.05, 4.69) is 22.1 Å². The number of ether oxygens (including phenoxy) is 1. The van der Waals surface area contributed by atoms with E-state index in [0.29, 0.717) is 5.25 Å². The second-order valence-corrected chi connectivity index (χ2v) is 7.24. The van der Waals surface area contributed by atoms with Gasteiger partial charge in [-0.2, -0.15) is 11.8 Å². The van der Waals surface area contributed by atoms with Crippen molar-refractivity contribution in [1.29, 1.82) is 0 Å². The van der Waals surface area contributed by atoms with Gasteiger partial charge in [0.1, 0.15) is 12.1 Å². The lowest BCUT2D eigenvalue weighted by Crippen LogP contribution is -2.49. The third-order valence-electron chi connectivity index (χ3n) is 2.92. The lowest BCUT2D eigenvalue weighted by Gasteiger charge is -2.34. The van der Waals surface area contributed by atoms with Gasteiger partial charge in [-0.05, 0) is 27.2 Å². The van der Waals surface area contributed by atoms with Crippen LogP contribution in [0.4, 0.5) is 0 Å². The van der Waals surface area contributed by atoms with Crippen LogP contribution in [-0.2, 0) is 9.53 Å². The van der Waals surface area contributed by atoms with Gasteiger partial charge in [0.25, 0.3) is 0 Å². The van der Waals surface area contributed by atoms with Crippen molar-refractivity contribution in [1.82, 2.24) is 10.2 Å². The number of aliphatic imine (C=N–C) groups is 1. The molecule has 1 aliphatic rings. The molecule has 0 radical (unpaired) electrons. The Balaban J connectivity index is 2.45. The molecule has 6 heteroatoms. The van der Waals surface area contributed by atoms with Crippen LogP contribution < -0.4 is 5.32 Å². The van der Waals surface area contributed by atoms with E-state index in [-0.39, 0.29) is 12.5 Å². The summed E-state index contributed by atoms with van der Waals surface area (Å²) in [5.41, 5.74) is -0.447. The maximum atomic E-state index is 11.7. The number of hydrogen-bond acceptors (Lipinski definition) is 4. The van der Waals surface area contributed by atoms with Gasteiger partial charge in [-0.25, -0.2) is 0 Å². The Bertz CT molecular complexity index is 353. The first kappa shape index (κ1) is 17.1. The van der Waals surface area contributed by atoms with E-state index in [1.165, 1.54) is 0 Å². The van der Waals surface area contributed by atoms with Crippen molar-refractivity contribution in [2.45, 2.75) is 45.0 Å². The molecule has 1 fully saturated rings. The predicted molar refractivity (Wildman–Crippen MR) is 85.3 cm³/mol. The van der Waals surface area contributed by atoms with Crippen LogP contribution in [0.15, 0.2) is 4.99 Å². The Morgan fingerprint density at radius 1 is 1.50 bits per heavy atom. The molecule has 116 valence electrons. The van der Waals surface area contributed by atoms with Crippen molar-refractivity contribution in [2.75, 3.05) is 32.4 Å². The molecule has 1 heterocycles. The minimum absolute atomic E-state index is 0.157. The van der Waals surface area contributed by atoms with E-state index in [4.69, 9.17) is 4.74 Å². The summed E-state index contributed by atoms with van der Waals surface area (Å²) in [5.74, 6) is 1.64. The first-order valence-electron chi connectivity index (χ1n) is 7.14. The molecule has 1 aliphatic heterocycles. The van der Waals surface area contributed by atoms with Crippen molar-refractivity contribution >= 4 is 23.7 Å². The van der Waals surface area contributed by atoms with Crippen LogP contribution >= 0.6 is 11.8 Å². The van der Waals surface area contributed by atoms with Gasteiger partial charge in [-0.1, -0.05) is 6.92 Å². The molecule has 5 nitrogen and oxygen atoms in total. The molecule has 1 saturated heterocycles. The normalized spacial score (nSPS) is 20.8. The first-order valence-corrected chi connectivity index (χ1v) is 8.19. The molecular formula is C14H27N3O2S. The highest BCUT2D eigenvalue weighted by Crippen LogP contribution is 2.20. The van der Waals surface area contributed by atoms with E-state index >= 15 is 0 Å². The molecule has 1 N–H and O–H groups in total. The van der Waals surface area contributed by atoms with Crippen LogP contribution in [-0.4, -0.2) is 60.1 Å². The molecule has 0 bridgehead atoms. The van der Waals surface area contributed by atoms with Gasteiger partial charge < -0.3 is 15.0 Å². The number of nitrogens with zero attached hydrogens (tertiary/aromatic N) is 2. The summed E-state index contributed by atoms with van der Waals surface area (Å²) in [7, 11) is 1.75. The quantitative estimate of drug-likeness (QED) is 0.489. The minimum atomic E-state index is -0.447. The predicted octanol–water partition coefficient (Wildman–Crippen LogP) is 1.73. The van der Waals surface area contributed by atoms with Crippen LogP contribution in [0.5, 0.6) is 0 Å². The smallest absolute Gasteiger partial charge is 0.325 e. The van der Waals surface area contributed by atoms with Gasteiger partial charge in [0.15, 0.2) is 5.96 Å². The van der Waals surface area contributed by atoms with E-state index < -0.39 is 5.60 Å². The van der Waals surface area contributed by atoms with Crippen molar-refractivity contribution in [3.05, 3.63) is 0 Å². The molecule has 0 spiro atoms. The summed E-state index contributed by atoms with van der Waals surface area (Å²) < 4.78 is 5.28. The van der Waals surface area contributed by atoms with E-state index in [0.717, 1.165) is 31.2 Å². The summed E-state index contributed by atoms with van der Waals surface area (Å²) in [5, 5.41) is 3.74.